The largest absolute Gasteiger partial charge is 0.496 e. The van der Waals surface area contributed by atoms with Gasteiger partial charge < -0.3 is 39.8 Å². The van der Waals surface area contributed by atoms with E-state index in [0.717, 1.165) is 17.5 Å². The molecule has 332 valence electrons. The zero-order valence-corrected chi connectivity index (χ0v) is 37.0. The van der Waals surface area contributed by atoms with Crippen molar-refractivity contribution in [3.63, 3.8) is 0 Å². The van der Waals surface area contributed by atoms with E-state index in [1.165, 1.54) is 28.4 Å². The van der Waals surface area contributed by atoms with Crippen molar-refractivity contribution < 1.29 is 38.7 Å². The third-order valence-corrected chi connectivity index (χ3v) is 13.1. The number of aliphatic hydroxyl groups is 2. The Morgan fingerprint density at radius 2 is 0.812 bits per heavy atom. The molecular weight excluding hydrogens is 805 g/mol. The molecule has 1 fully saturated rings. The molecular formula is C54H58N2O8. The number of hydrogen-bond donors (Lipinski definition) is 3. The number of benzene rings is 6. The van der Waals surface area contributed by atoms with Gasteiger partial charge in [-0.05, 0) is 61.1 Å². The number of hydrogen-bond acceptors (Lipinski definition) is 8. The molecule has 0 spiro atoms. The van der Waals surface area contributed by atoms with Crippen LogP contribution in [0.25, 0.3) is 0 Å². The van der Waals surface area contributed by atoms with E-state index in [0.29, 0.717) is 58.1 Å². The normalized spacial score (nSPS) is 14.7. The molecule has 4 N–H and O–H groups in total. The van der Waals surface area contributed by atoms with Gasteiger partial charge in [-0.15, -0.1) is 0 Å². The summed E-state index contributed by atoms with van der Waals surface area (Å²) in [6, 6.07) is 45.1. The van der Waals surface area contributed by atoms with Crippen LogP contribution in [-0.2, 0) is 33.6 Å². The average Bonchev–Trinajstić information content (AvgIpc) is 3.35. The maximum atomic E-state index is 16.8. The third kappa shape index (κ3) is 8.43. The van der Waals surface area contributed by atoms with Gasteiger partial charge in [0.15, 0.2) is 0 Å². The molecule has 0 unspecified atom stereocenters. The molecule has 10 nitrogen and oxygen atoms in total. The van der Waals surface area contributed by atoms with Gasteiger partial charge in [0.2, 0.25) is 11.8 Å². The Balaban J connectivity index is 1.71. The van der Waals surface area contributed by atoms with Crippen LogP contribution in [0.1, 0.15) is 65.5 Å². The topological polar surface area (TPSA) is 141 Å². The van der Waals surface area contributed by atoms with Gasteiger partial charge in [0.05, 0.1) is 40.5 Å². The minimum Gasteiger partial charge on any atom is -0.496 e. The van der Waals surface area contributed by atoms with Crippen LogP contribution in [0, 0.1) is 5.41 Å². The molecule has 0 aromatic heterocycles. The lowest BCUT2D eigenvalue weighted by molar-refractivity contribution is -0.169. The summed E-state index contributed by atoms with van der Waals surface area (Å²) in [5.41, 5.74) is 3.26. The summed E-state index contributed by atoms with van der Waals surface area (Å²) in [5.74, 6) is -0.0229. The molecule has 0 bridgehead atoms. The number of primary amides is 1. The molecule has 0 radical (unpaired) electrons. The number of carbonyl (C=O) groups excluding carboxylic acids is 2. The third-order valence-electron chi connectivity index (χ3n) is 13.1. The van der Waals surface area contributed by atoms with Gasteiger partial charge in [-0.25, -0.2) is 0 Å². The van der Waals surface area contributed by atoms with E-state index in [2.05, 4.69) is 0 Å². The van der Waals surface area contributed by atoms with E-state index in [1.807, 2.05) is 84.9 Å². The Bertz CT molecular complexity index is 2260. The predicted molar refractivity (Wildman–Crippen MR) is 247 cm³/mol. The van der Waals surface area contributed by atoms with Gasteiger partial charge in [-0.3, -0.25) is 9.59 Å². The number of methoxy groups -OCH3 is 4. The van der Waals surface area contributed by atoms with Crippen molar-refractivity contribution in [3.05, 3.63) is 191 Å². The Morgan fingerprint density at radius 1 is 0.516 bits per heavy atom. The Labute approximate surface area is 376 Å². The van der Waals surface area contributed by atoms with Crippen molar-refractivity contribution in [2.24, 2.45) is 11.1 Å². The van der Waals surface area contributed by atoms with Crippen molar-refractivity contribution in [2.45, 2.75) is 68.2 Å². The van der Waals surface area contributed by atoms with Crippen LogP contribution in [0.4, 0.5) is 0 Å². The van der Waals surface area contributed by atoms with Gasteiger partial charge in [-0.2, -0.15) is 0 Å². The lowest BCUT2D eigenvalue weighted by atomic mass is 9.68. The maximum absolute atomic E-state index is 16.8. The number of amides is 2. The van der Waals surface area contributed by atoms with E-state index in [-0.39, 0.29) is 25.7 Å². The zero-order chi connectivity index (χ0) is 45.3. The maximum Gasteiger partial charge on any atom is 0.239 e. The fourth-order valence-electron chi connectivity index (χ4n) is 9.88. The number of nitrogens with two attached hydrogens (primary N) is 1. The minimum atomic E-state index is -2.18. The van der Waals surface area contributed by atoms with Crippen molar-refractivity contribution >= 4 is 11.8 Å². The van der Waals surface area contributed by atoms with E-state index in [9.17, 15) is 15.0 Å². The molecule has 6 aromatic rings. The predicted octanol–water partition coefficient (Wildman–Crippen LogP) is 8.38. The molecule has 6 aromatic carbocycles. The zero-order valence-electron chi connectivity index (χ0n) is 37.0. The summed E-state index contributed by atoms with van der Waals surface area (Å²) in [7, 11) is 6.12. The molecule has 0 saturated heterocycles. The molecule has 64 heavy (non-hydrogen) atoms. The van der Waals surface area contributed by atoms with E-state index in [1.54, 1.807) is 77.7 Å². The monoisotopic (exact) mass is 862 g/mol. The van der Waals surface area contributed by atoms with Crippen LogP contribution in [0.15, 0.2) is 158 Å². The molecule has 1 aliphatic carbocycles. The van der Waals surface area contributed by atoms with Gasteiger partial charge in [-0.1, -0.05) is 153 Å². The highest BCUT2D eigenvalue weighted by Gasteiger charge is 2.59. The van der Waals surface area contributed by atoms with E-state index in [4.69, 9.17) is 24.7 Å². The van der Waals surface area contributed by atoms with Gasteiger partial charge in [0.25, 0.3) is 0 Å². The van der Waals surface area contributed by atoms with Crippen molar-refractivity contribution in [1.29, 1.82) is 0 Å². The summed E-state index contributed by atoms with van der Waals surface area (Å²) in [6.45, 7) is 0. The lowest BCUT2D eigenvalue weighted by Gasteiger charge is -2.54. The Morgan fingerprint density at radius 3 is 1.11 bits per heavy atom. The first-order chi connectivity index (χ1) is 31.1. The number of para-hydroxylation sites is 4. The first-order valence-corrected chi connectivity index (χ1v) is 21.8. The Hall–Kier alpha value is -6.62. The number of nitrogens with zero attached hydrogens (tertiary/aromatic N) is 1. The second-order valence-corrected chi connectivity index (χ2v) is 16.5. The molecule has 1 aliphatic rings. The smallest absolute Gasteiger partial charge is 0.239 e. The second kappa shape index (κ2) is 19.8. The fraction of sp³-hybridized carbons (Fsp3) is 0.296. The van der Waals surface area contributed by atoms with Crippen LogP contribution in [0.2, 0.25) is 0 Å². The lowest BCUT2D eigenvalue weighted by Crippen LogP contribution is -2.67. The van der Waals surface area contributed by atoms with Crippen molar-refractivity contribution in [3.8, 4) is 23.0 Å². The van der Waals surface area contributed by atoms with Crippen molar-refractivity contribution in [2.75, 3.05) is 28.4 Å². The number of carbonyl (C=O) groups is 2. The second-order valence-electron chi connectivity index (χ2n) is 16.5. The van der Waals surface area contributed by atoms with Crippen LogP contribution in [0.3, 0.4) is 0 Å². The molecule has 7 rings (SSSR count). The summed E-state index contributed by atoms with van der Waals surface area (Å²) in [5, 5.41) is 29.1. The quantitative estimate of drug-likeness (QED) is 0.0733. The molecule has 2 atom stereocenters. The SMILES string of the molecule is COc1ccccc1C(O)(c1ccccc1OC)[C@@H](Cc1ccccc1)N(C(=O)C1(C(N)=O)CCCCC1)[C@H](Cc1ccccc1)C(O)(c1ccccc1OC)c1ccccc1OC. The molecule has 0 aliphatic heterocycles. The molecule has 1 saturated carbocycles. The summed E-state index contributed by atoms with van der Waals surface area (Å²) in [6.07, 6.45) is 2.35. The Kier molecular flexibility index (Phi) is 14.1. The summed E-state index contributed by atoms with van der Waals surface area (Å²) >= 11 is 0. The standard InChI is InChI=1S/C54H58N2O8/c1-61-44-30-16-12-26-40(44)53(59,41-27-13-17-31-45(41)62-2)48(36-38-22-8-5-9-23-38)56(51(58)52(50(55)57)34-20-7-21-35-52)49(37-39-24-10-6-11-25-39)54(60,42-28-14-18-32-46(42)63-3)43-29-15-19-33-47(43)64-4/h5-6,8-19,22-33,48-49,59-60H,7,20-21,34-37H2,1-4H3,(H2,55,57)/t48-,49-/m1/s1. The van der Waals surface area contributed by atoms with E-state index >= 15 is 4.79 Å². The van der Waals surface area contributed by atoms with Gasteiger partial charge in [0, 0.05) is 22.3 Å². The summed E-state index contributed by atoms with van der Waals surface area (Å²) < 4.78 is 24.3. The van der Waals surface area contributed by atoms with Crippen molar-refractivity contribution in [1.82, 2.24) is 4.90 Å². The highest BCUT2D eigenvalue weighted by atomic mass is 16.5. The molecule has 2 amide bonds. The first kappa shape index (κ1) is 45.4. The summed E-state index contributed by atoms with van der Waals surface area (Å²) in [4.78, 5) is 32.8. The highest BCUT2D eigenvalue weighted by Crippen LogP contribution is 2.52. The van der Waals surface area contributed by atoms with Crippen LogP contribution < -0.4 is 24.7 Å². The number of ether oxygens (including phenoxy) is 4. The van der Waals surface area contributed by atoms with Crippen LogP contribution >= 0.6 is 0 Å². The van der Waals surface area contributed by atoms with Gasteiger partial charge in [0.1, 0.15) is 39.6 Å². The van der Waals surface area contributed by atoms with Crippen LogP contribution in [-0.4, -0.2) is 67.5 Å². The molecule has 10 heteroatoms. The van der Waals surface area contributed by atoms with Gasteiger partial charge >= 0.3 is 0 Å². The highest BCUT2D eigenvalue weighted by molar-refractivity contribution is 6.05. The minimum absolute atomic E-state index is 0.0211. The van der Waals surface area contributed by atoms with E-state index < -0.39 is 40.5 Å². The fourth-order valence-corrected chi connectivity index (χ4v) is 9.88. The van der Waals surface area contributed by atoms with Crippen LogP contribution in [0.5, 0.6) is 23.0 Å². The average molecular weight is 863 g/mol. The molecule has 0 heterocycles. The number of rotatable bonds is 18. The first-order valence-electron chi connectivity index (χ1n) is 21.8.